The van der Waals surface area contributed by atoms with E-state index in [-0.39, 0.29) is 23.0 Å². The van der Waals surface area contributed by atoms with Gasteiger partial charge in [-0.2, -0.15) is 0 Å². The van der Waals surface area contributed by atoms with Gasteiger partial charge in [-0.15, -0.1) is 0 Å². The molecule has 0 heterocycles. The van der Waals surface area contributed by atoms with Gasteiger partial charge >= 0.3 is 0 Å². The van der Waals surface area contributed by atoms with Gasteiger partial charge in [0.05, 0.1) is 28.5 Å². The van der Waals surface area contributed by atoms with Crippen LogP contribution in [0.5, 0.6) is 5.75 Å². The van der Waals surface area contributed by atoms with Crippen molar-refractivity contribution in [3.8, 4) is 5.75 Å². The zero-order valence-corrected chi connectivity index (χ0v) is 17.4. The van der Waals surface area contributed by atoms with E-state index in [4.69, 9.17) is 4.74 Å². The number of nitro benzene ring substituents is 1. The van der Waals surface area contributed by atoms with E-state index < -0.39 is 27.4 Å². The Morgan fingerprint density at radius 1 is 1.24 bits per heavy atom. The fourth-order valence-electron chi connectivity index (χ4n) is 2.71. The van der Waals surface area contributed by atoms with E-state index in [1.165, 1.54) is 25.1 Å². The first-order chi connectivity index (χ1) is 13.5. The second kappa shape index (κ2) is 8.91. The molecule has 1 amide bonds. The average molecular weight is 421 g/mol. The molecule has 0 saturated heterocycles. The summed E-state index contributed by atoms with van der Waals surface area (Å²) in [6.07, 6.45) is 0.897. The van der Waals surface area contributed by atoms with E-state index in [9.17, 15) is 23.3 Å². The largest absolute Gasteiger partial charge is 0.491 e. The van der Waals surface area contributed by atoms with Gasteiger partial charge in [0.2, 0.25) is 15.9 Å². The summed E-state index contributed by atoms with van der Waals surface area (Å²) >= 11 is 0. The lowest BCUT2D eigenvalue weighted by molar-refractivity contribution is -0.385. The Balaban J connectivity index is 2.28. The summed E-state index contributed by atoms with van der Waals surface area (Å²) in [5.74, 6) is -0.0321. The molecule has 9 nitrogen and oxygen atoms in total. The summed E-state index contributed by atoms with van der Waals surface area (Å²) < 4.78 is 31.0. The van der Waals surface area contributed by atoms with Gasteiger partial charge in [-0.1, -0.05) is 12.1 Å². The lowest BCUT2D eigenvalue weighted by atomic mass is 10.1. The lowest BCUT2D eigenvalue weighted by Gasteiger charge is -2.23. The first kappa shape index (κ1) is 22.2. The maximum Gasteiger partial charge on any atom is 0.274 e. The summed E-state index contributed by atoms with van der Waals surface area (Å²) in [7, 11) is -3.87. The van der Waals surface area contributed by atoms with E-state index in [1.807, 2.05) is 13.8 Å². The maximum absolute atomic E-state index is 12.5. The number of sulfonamides is 1. The highest BCUT2D eigenvalue weighted by molar-refractivity contribution is 7.92. The van der Waals surface area contributed by atoms with Crippen LogP contribution in [0.25, 0.3) is 0 Å². The Hall–Kier alpha value is -3.14. The number of nitrogens with zero attached hydrogens (tertiary/aromatic N) is 2. The number of benzene rings is 2. The number of ether oxygens (including phenoxy) is 1. The molecule has 0 atom stereocenters. The lowest BCUT2D eigenvalue weighted by Crippen LogP contribution is -2.38. The first-order valence-corrected chi connectivity index (χ1v) is 10.6. The minimum Gasteiger partial charge on any atom is -0.491 e. The third-order valence-electron chi connectivity index (χ3n) is 3.92. The van der Waals surface area contributed by atoms with Gasteiger partial charge in [-0.25, -0.2) is 8.42 Å². The normalized spacial score (nSPS) is 11.2. The van der Waals surface area contributed by atoms with Gasteiger partial charge < -0.3 is 10.1 Å². The van der Waals surface area contributed by atoms with E-state index in [1.54, 1.807) is 24.3 Å². The molecule has 10 heteroatoms. The molecule has 0 aliphatic rings. The SMILES string of the molecule is Cc1c(N(CC(=O)Nc2cccc(OC(C)C)c2)S(C)(=O)=O)cccc1[N+](=O)[O-]. The van der Waals surface area contributed by atoms with Crippen molar-refractivity contribution >= 4 is 33.0 Å². The molecule has 0 aliphatic carbocycles. The molecule has 2 aromatic carbocycles. The van der Waals surface area contributed by atoms with Gasteiger partial charge in [-0.05, 0) is 39.0 Å². The summed E-state index contributed by atoms with van der Waals surface area (Å²) in [4.78, 5) is 23.1. The van der Waals surface area contributed by atoms with Gasteiger partial charge in [0, 0.05) is 17.8 Å². The van der Waals surface area contributed by atoms with Gasteiger partial charge in [-0.3, -0.25) is 19.2 Å². The Labute approximate surface area is 169 Å². The molecule has 0 aromatic heterocycles. The number of nitro groups is 1. The van der Waals surface area contributed by atoms with Crippen molar-refractivity contribution in [2.45, 2.75) is 26.9 Å². The third-order valence-corrected chi connectivity index (χ3v) is 5.05. The molecule has 1 N–H and O–H groups in total. The van der Waals surface area contributed by atoms with E-state index in [0.29, 0.717) is 11.4 Å². The highest BCUT2D eigenvalue weighted by Gasteiger charge is 2.25. The molecule has 0 bridgehead atoms. The van der Waals surface area contributed by atoms with Crippen LogP contribution < -0.4 is 14.4 Å². The van der Waals surface area contributed by atoms with Crippen LogP contribution in [-0.2, 0) is 14.8 Å². The van der Waals surface area contributed by atoms with Crippen molar-refractivity contribution < 1.29 is 22.9 Å². The molecule has 0 unspecified atom stereocenters. The van der Waals surface area contributed by atoms with Crippen LogP contribution in [-0.4, -0.2) is 38.2 Å². The number of anilines is 2. The van der Waals surface area contributed by atoms with Crippen molar-refractivity contribution in [3.63, 3.8) is 0 Å². The van der Waals surface area contributed by atoms with Crippen LogP contribution in [0, 0.1) is 17.0 Å². The number of nitrogens with one attached hydrogen (secondary N) is 1. The van der Waals surface area contributed by atoms with E-state index in [0.717, 1.165) is 10.6 Å². The number of amides is 1. The van der Waals surface area contributed by atoms with Crippen molar-refractivity contribution in [2.24, 2.45) is 0 Å². The zero-order chi connectivity index (χ0) is 21.8. The van der Waals surface area contributed by atoms with E-state index >= 15 is 0 Å². The van der Waals surface area contributed by atoms with Crippen LogP contribution in [0.4, 0.5) is 17.1 Å². The molecule has 0 radical (unpaired) electrons. The van der Waals surface area contributed by atoms with Gasteiger partial charge in [0.25, 0.3) is 5.69 Å². The standard InChI is InChI=1S/C19H23N3O6S/c1-13(2)28-16-8-5-7-15(11-16)20-19(23)12-21(29(4,26)27)17-9-6-10-18(14(17)3)22(24)25/h5-11,13H,12H2,1-4H3,(H,20,23). The Morgan fingerprint density at radius 2 is 1.90 bits per heavy atom. The highest BCUT2D eigenvalue weighted by Crippen LogP contribution is 2.29. The van der Waals surface area contributed by atoms with Crippen LogP contribution in [0.15, 0.2) is 42.5 Å². The molecule has 0 spiro atoms. The number of hydrogen-bond acceptors (Lipinski definition) is 6. The molecule has 2 aromatic rings. The highest BCUT2D eigenvalue weighted by atomic mass is 32.2. The van der Waals surface area contributed by atoms with Crippen molar-refractivity contribution in [3.05, 3.63) is 58.1 Å². The van der Waals surface area contributed by atoms with Crippen molar-refractivity contribution in [1.29, 1.82) is 0 Å². The predicted octanol–water partition coefficient (Wildman–Crippen LogP) is 3.10. The minimum atomic E-state index is -3.87. The third kappa shape index (κ3) is 5.92. The van der Waals surface area contributed by atoms with Crippen LogP contribution in [0.2, 0.25) is 0 Å². The van der Waals surface area contributed by atoms with Gasteiger partial charge in [0.1, 0.15) is 12.3 Å². The summed E-state index contributed by atoms with van der Waals surface area (Å²) in [5, 5.41) is 13.8. The van der Waals surface area contributed by atoms with Crippen molar-refractivity contribution in [1.82, 2.24) is 0 Å². The summed E-state index contributed by atoms with van der Waals surface area (Å²) in [6.45, 7) is 4.65. The van der Waals surface area contributed by atoms with Crippen LogP contribution in [0.1, 0.15) is 19.4 Å². The number of carbonyl (C=O) groups is 1. The summed E-state index contributed by atoms with van der Waals surface area (Å²) in [5.41, 5.74) is 0.448. The quantitative estimate of drug-likeness (QED) is 0.517. The minimum absolute atomic E-state index is 0.0430. The first-order valence-electron chi connectivity index (χ1n) is 8.77. The predicted molar refractivity (Wildman–Crippen MR) is 111 cm³/mol. The maximum atomic E-state index is 12.5. The number of hydrogen-bond donors (Lipinski definition) is 1. The average Bonchev–Trinajstić information content (AvgIpc) is 2.58. The van der Waals surface area contributed by atoms with Crippen LogP contribution >= 0.6 is 0 Å². The number of rotatable bonds is 8. The monoisotopic (exact) mass is 421 g/mol. The molecule has 156 valence electrons. The Bertz CT molecular complexity index is 1020. The second-order valence-electron chi connectivity index (χ2n) is 6.69. The smallest absolute Gasteiger partial charge is 0.274 e. The molecule has 0 aliphatic heterocycles. The molecule has 2 rings (SSSR count). The fraction of sp³-hybridized carbons (Fsp3) is 0.316. The van der Waals surface area contributed by atoms with Crippen LogP contribution in [0.3, 0.4) is 0 Å². The topological polar surface area (TPSA) is 119 Å². The summed E-state index contributed by atoms with van der Waals surface area (Å²) in [6, 6.07) is 10.8. The molecule has 0 saturated carbocycles. The Kier molecular flexibility index (Phi) is 6.80. The zero-order valence-electron chi connectivity index (χ0n) is 16.6. The number of carbonyl (C=O) groups excluding carboxylic acids is 1. The molecule has 29 heavy (non-hydrogen) atoms. The Morgan fingerprint density at radius 3 is 2.48 bits per heavy atom. The molecule has 0 fully saturated rings. The van der Waals surface area contributed by atoms with Crippen molar-refractivity contribution in [2.75, 3.05) is 22.4 Å². The molecular weight excluding hydrogens is 398 g/mol. The van der Waals surface area contributed by atoms with Gasteiger partial charge in [0.15, 0.2) is 0 Å². The molecular formula is C19H23N3O6S. The fourth-order valence-corrected chi connectivity index (χ4v) is 3.62. The second-order valence-corrected chi connectivity index (χ2v) is 8.60. The van der Waals surface area contributed by atoms with E-state index in [2.05, 4.69) is 5.32 Å².